The number of hydrogen-bond acceptors (Lipinski definition) is 2. The van der Waals surface area contributed by atoms with Crippen molar-refractivity contribution < 1.29 is 0 Å². The van der Waals surface area contributed by atoms with E-state index in [9.17, 15) is 0 Å². The smallest absolute Gasteiger partial charge is 0.150 e. The molecule has 0 aliphatic carbocycles. The van der Waals surface area contributed by atoms with Crippen LogP contribution in [0.1, 0.15) is 38.1 Å². The number of aromatic nitrogens is 2. The first-order valence-corrected chi connectivity index (χ1v) is 5.49. The summed E-state index contributed by atoms with van der Waals surface area (Å²) in [5.74, 6) is 0.676. The molecule has 0 fully saturated rings. The molecular weight excluding hydrogens is 196 g/mol. The molecule has 0 saturated carbocycles. The van der Waals surface area contributed by atoms with Crippen LogP contribution in [0.3, 0.4) is 0 Å². The highest BCUT2D eigenvalue weighted by atomic mass is 35.5. The third-order valence-electron chi connectivity index (χ3n) is 2.28. The summed E-state index contributed by atoms with van der Waals surface area (Å²) in [5, 5.41) is 0.511. The van der Waals surface area contributed by atoms with Gasteiger partial charge < -0.3 is 0 Å². The molecule has 0 aliphatic heterocycles. The highest BCUT2D eigenvalue weighted by Crippen LogP contribution is 2.14. The zero-order chi connectivity index (χ0) is 10.6. The van der Waals surface area contributed by atoms with E-state index in [2.05, 4.69) is 23.8 Å². The zero-order valence-corrected chi connectivity index (χ0v) is 9.80. The molecule has 0 saturated heterocycles. The van der Waals surface area contributed by atoms with E-state index in [0.717, 1.165) is 17.8 Å². The Morgan fingerprint density at radius 1 is 1.50 bits per heavy atom. The maximum absolute atomic E-state index is 5.80. The maximum atomic E-state index is 5.80. The second kappa shape index (κ2) is 5.30. The number of rotatable bonds is 4. The second-order valence-electron chi connectivity index (χ2n) is 3.84. The van der Waals surface area contributed by atoms with Crippen molar-refractivity contribution in [2.75, 3.05) is 0 Å². The van der Waals surface area contributed by atoms with Gasteiger partial charge in [-0.1, -0.05) is 38.3 Å². The van der Waals surface area contributed by atoms with Crippen LogP contribution in [-0.2, 0) is 6.42 Å². The fourth-order valence-electron chi connectivity index (χ4n) is 1.57. The second-order valence-corrected chi connectivity index (χ2v) is 4.19. The van der Waals surface area contributed by atoms with Crippen LogP contribution < -0.4 is 0 Å². The van der Waals surface area contributed by atoms with Crippen LogP contribution in [0.5, 0.6) is 0 Å². The highest BCUT2D eigenvalue weighted by Gasteiger charge is 2.05. The van der Waals surface area contributed by atoms with Crippen LogP contribution in [-0.4, -0.2) is 9.97 Å². The van der Waals surface area contributed by atoms with Gasteiger partial charge in [0.25, 0.3) is 0 Å². The lowest BCUT2D eigenvalue weighted by atomic mass is 10.0. The van der Waals surface area contributed by atoms with Crippen molar-refractivity contribution in [3.63, 3.8) is 0 Å². The van der Waals surface area contributed by atoms with Crippen LogP contribution in [0.15, 0.2) is 6.20 Å². The Kier molecular flexibility index (Phi) is 4.33. The molecule has 0 N–H and O–H groups in total. The van der Waals surface area contributed by atoms with Gasteiger partial charge in [-0.05, 0) is 19.3 Å². The van der Waals surface area contributed by atoms with Crippen molar-refractivity contribution in [3.05, 3.63) is 22.7 Å². The van der Waals surface area contributed by atoms with Crippen molar-refractivity contribution in [2.24, 2.45) is 5.92 Å². The Bertz CT molecular complexity index is 299. The maximum Gasteiger partial charge on any atom is 0.150 e. The topological polar surface area (TPSA) is 25.8 Å². The Morgan fingerprint density at radius 3 is 2.79 bits per heavy atom. The van der Waals surface area contributed by atoms with Crippen molar-refractivity contribution >= 4 is 11.6 Å². The van der Waals surface area contributed by atoms with Gasteiger partial charge in [0.2, 0.25) is 0 Å². The molecule has 2 nitrogen and oxygen atoms in total. The average molecular weight is 213 g/mol. The number of aryl methyl sites for hydroxylation is 1. The van der Waals surface area contributed by atoms with Gasteiger partial charge in [-0.3, -0.25) is 4.98 Å². The first kappa shape index (κ1) is 11.4. The Hall–Kier alpha value is -0.630. The van der Waals surface area contributed by atoms with Gasteiger partial charge in [-0.2, -0.15) is 0 Å². The lowest BCUT2D eigenvalue weighted by Gasteiger charge is -2.09. The molecule has 1 unspecified atom stereocenters. The molecule has 3 heteroatoms. The van der Waals surface area contributed by atoms with Gasteiger partial charge in [0.05, 0.1) is 17.6 Å². The largest absolute Gasteiger partial charge is 0.253 e. The van der Waals surface area contributed by atoms with E-state index in [-0.39, 0.29) is 0 Å². The van der Waals surface area contributed by atoms with Gasteiger partial charge in [0.1, 0.15) is 5.15 Å². The molecule has 0 bridgehead atoms. The highest BCUT2D eigenvalue weighted by molar-refractivity contribution is 6.29. The first-order valence-electron chi connectivity index (χ1n) is 5.11. The molecule has 0 spiro atoms. The van der Waals surface area contributed by atoms with Gasteiger partial charge in [-0.25, -0.2) is 4.98 Å². The fraction of sp³-hybridized carbons (Fsp3) is 0.636. The van der Waals surface area contributed by atoms with Crippen molar-refractivity contribution in [1.29, 1.82) is 0 Å². The Balaban J connectivity index is 2.63. The van der Waals surface area contributed by atoms with E-state index in [1.165, 1.54) is 12.8 Å². The normalized spacial score (nSPS) is 12.9. The Labute approximate surface area is 90.7 Å². The molecular formula is C11H17ClN2. The summed E-state index contributed by atoms with van der Waals surface area (Å²) in [6.07, 6.45) is 5.24. The molecule has 1 atom stereocenters. The number of halogens is 1. The van der Waals surface area contributed by atoms with Crippen LogP contribution in [0, 0.1) is 12.8 Å². The van der Waals surface area contributed by atoms with Gasteiger partial charge in [0, 0.05) is 0 Å². The van der Waals surface area contributed by atoms with Crippen LogP contribution in [0.2, 0.25) is 5.15 Å². The standard InChI is InChI=1S/C11H17ClN2/c1-4-5-8(2)6-10-7-13-11(12)9(3)14-10/h7-8H,4-6H2,1-3H3. The molecule has 0 aromatic carbocycles. The lowest BCUT2D eigenvalue weighted by Crippen LogP contribution is -2.03. The van der Waals surface area contributed by atoms with Crippen molar-refractivity contribution in [3.8, 4) is 0 Å². The van der Waals surface area contributed by atoms with Crippen molar-refractivity contribution in [1.82, 2.24) is 9.97 Å². The minimum atomic E-state index is 0.511. The average Bonchev–Trinajstić information content (AvgIpc) is 2.12. The summed E-state index contributed by atoms with van der Waals surface area (Å²) in [6.45, 7) is 6.34. The van der Waals surface area contributed by atoms with Gasteiger partial charge >= 0.3 is 0 Å². The van der Waals surface area contributed by atoms with Crippen molar-refractivity contribution in [2.45, 2.75) is 40.0 Å². The van der Waals surface area contributed by atoms with Crippen LogP contribution in [0.25, 0.3) is 0 Å². The molecule has 0 radical (unpaired) electrons. The minimum Gasteiger partial charge on any atom is -0.253 e. The van der Waals surface area contributed by atoms with E-state index in [1.54, 1.807) is 6.20 Å². The summed E-state index contributed by atoms with van der Waals surface area (Å²) in [5.41, 5.74) is 1.88. The molecule has 1 rings (SSSR count). The minimum absolute atomic E-state index is 0.511. The predicted octanol–water partition coefficient (Wildman–Crippen LogP) is 3.42. The molecule has 0 aliphatic rings. The summed E-state index contributed by atoms with van der Waals surface area (Å²) >= 11 is 5.80. The molecule has 14 heavy (non-hydrogen) atoms. The first-order chi connectivity index (χ1) is 6.63. The summed E-state index contributed by atoms with van der Waals surface area (Å²) in [6, 6.07) is 0. The lowest BCUT2D eigenvalue weighted by molar-refractivity contribution is 0.515. The molecule has 1 aromatic rings. The van der Waals surface area contributed by atoms with E-state index in [4.69, 9.17) is 11.6 Å². The van der Waals surface area contributed by atoms with E-state index in [0.29, 0.717) is 11.1 Å². The van der Waals surface area contributed by atoms with Crippen LogP contribution in [0.4, 0.5) is 0 Å². The monoisotopic (exact) mass is 212 g/mol. The Morgan fingerprint density at radius 2 is 2.21 bits per heavy atom. The van der Waals surface area contributed by atoms with E-state index < -0.39 is 0 Å². The van der Waals surface area contributed by atoms with Crippen LogP contribution >= 0.6 is 11.6 Å². The third kappa shape index (κ3) is 3.26. The predicted molar refractivity (Wildman–Crippen MR) is 59.6 cm³/mol. The number of nitrogens with zero attached hydrogens (tertiary/aromatic N) is 2. The third-order valence-corrected chi connectivity index (χ3v) is 2.65. The molecule has 1 heterocycles. The molecule has 0 amide bonds. The molecule has 1 aromatic heterocycles. The molecule has 78 valence electrons. The van der Waals surface area contributed by atoms with Gasteiger partial charge in [-0.15, -0.1) is 0 Å². The van der Waals surface area contributed by atoms with E-state index in [1.807, 2.05) is 6.92 Å². The number of hydrogen-bond donors (Lipinski definition) is 0. The summed E-state index contributed by atoms with van der Waals surface area (Å²) in [7, 11) is 0. The van der Waals surface area contributed by atoms with Gasteiger partial charge in [0.15, 0.2) is 0 Å². The summed E-state index contributed by atoms with van der Waals surface area (Å²) < 4.78 is 0. The zero-order valence-electron chi connectivity index (χ0n) is 9.05. The SMILES string of the molecule is CCCC(C)Cc1cnc(Cl)c(C)n1. The quantitative estimate of drug-likeness (QED) is 0.765. The van der Waals surface area contributed by atoms with E-state index >= 15 is 0 Å². The summed E-state index contributed by atoms with van der Waals surface area (Å²) in [4.78, 5) is 8.50. The fourth-order valence-corrected chi connectivity index (χ4v) is 1.66.